The smallest absolute Gasteiger partial charge is 0.135 e. The lowest BCUT2D eigenvalue weighted by atomic mass is 9.75. The fourth-order valence-corrected chi connectivity index (χ4v) is 9.46. The molecular formula is C43H29NO. The molecule has 0 saturated carbocycles. The van der Waals surface area contributed by atoms with Gasteiger partial charge in [-0.3, -0.25) is 0 Å². The highest BCUT2D eigenvalue weighted by atomic mass is 16.3. The highest BCUT2D eigenvalue weighted by Crippen LogP contribution is 2.58. The molecule has 5 aromatic carbocycles. The van der Waals surface area contributed by atoms with Crippen LogP contribution >= 0.6 is 0 Å². The Morgan fingerprint density at radius 2 is 1.27 bits per heavy atom. The van der Waals surface area contributed by atoms with Crippen molar-refractivity contribution in [3.8, 4) is 11.1 Å². The van der Waals surface area contributed by atoms with Crippen molar-refractivity contribution in [2.45, 2.75) is 19.3 Å². The fraction of sp³-hybridized carbons (Fsp3) is 0.116. The zero-order chi connectivity index (χ0) is 29.6. The molecular weight excluding hydrogens is 546 g/mol. The number of nitrogens with zero attached hydrogens (tertiary/aromatic N) is 1. The maximum Gasteiger partial charge on any atom is 0.135 e. The van der Waals surface area contributed by atoms with Gasteiger partial charge < -0.3 is 8.98 Å². The van der Waals surface area contributed by atoms with E-state index >= 15 is 0 Å². The highest BCUT2D eigenvalue weighted by molar-refractivity contribution is 6.18. The van der Waals surface area contributed by atoms with E-state index in [-0.39, 0.29) is 11.3 Å². The number of allylic oxidation sites excluding steroid dienone is 8. The third kappa shape index (κ3) is 2.78. The lowest BCUT2D eigenvalue weighted by molar-refractivity contribution is 0.660. The van der Waals surface area contributed by atoms with Crippen LogP contribution in [0.5, 0.6) is 0 Å². The molecule has 7 aromatic rings. The molecule has 0 bridgehead atoms. The lowest BCUT2D eigenvalue weighted by Gasteiger charge is -2.32. The number of hydrogen-bond acceptors (Lipinski definition) is 1. The van der Waals surface area contributed by atoms with E-state index in [1.165, 1.54) is 82.8 Å². The maximum atomic E-state index is 6.38. The minimum atomic E-state index is -0.215. The number of rotatable bonds is 1. The zero-order valence-corrected chi connectivity index (χ0v) is 25.1. The largest absolute Gasteiger partial charge is 0.456 e. The Morgan fingerprint density at radius 3 is 2.11 bits per heavy atom. The highest BCUT2D eigenvalue weighted by Gasteiger charge is 2.43. The van der Waals surface area contributed by atoms with Crippen molar-refractivity contribution in [3.05, 3.63) is 150 Å². The molecule has 0 saturated heterocycles. The van der Waals surface area contributed by atoms with Crippen molar-refractivity contribution >= 4 is 60.6 Å². The summed E-state index contributed by atoms with van der Waals surface area (Å²) in [5.41, 5.74) is 16.7. The zero-order valence-electron chi connectivity index (χ0n) is 25.1. The predicted octanol–water partition coefficient (Wildman–Crippen LogP) is 11.1. The molecule has 0 aliphatic heterocycles. The summed E-state index contributed by atoms with van der Waals surface area (Å²) in [5.74, 6) is 0.619. The van der Waals surface area contributed by atoms with Crippen LogP contribution in [0, 0.1) is 11.8 Å². The van der Waals surface area contributed by atoms with Gasteiger partial charge >= 0.3 is 0 Å². The van der Waals surface area contributed by atoms with Crippen LogP contribution < -0.4 is 0 Å². The van der Waals surface area contributed by atoms with Gasteiger partial charge in [-0.15, -0.1) is 0 Å². The summed E-state index contributed by atoms with van der Waals surface area (Å²) in [5, 5.41) is 5.14. The minimum Gasteiger partial charge on any atom is -0.456 e. The van der Waals surface area contributed by atoms with E-state index < -0.39 is 0 Å². The van der Waals surface area contributed by atoms with E-state index in [4.69, 9.17) is 4.42 Å². The number of benzene rings is 5. The first kappa shape index (κ1) is 24.0. The van der Waals surface area contributed by atoms with Gasteiger partial charge in [-0.2, -0.15) is 0 Å². The van der Waals surface area contributed by atoms with E-state index in [1.54, 1.807) is 0 Å². The average molecular weight is 576 g/mol. The number of aromatic nitrogens is 1. The Balaban J connectivity index is 1.20. The van der Waals surface area contributed by atoms with Gasteiger partial charge in [0.25, 0.3) is 0 Å². The van der Waals surface area contributed by atoms with Gasteiger partial charge in [0, 0.05) is 44.5 Å². The molecule has 2 nitrogen and oxygen atoms in total. The van der Waals surface area contributed by atoms with Crippen molar-refractivity contribution < 1.29 is 4.42 Å². The van der Waals surface area contributed by atoms with Crippen LogP contribution in [0.15, 0.2) is 132 Å². The van der Waals surface area contributed by atoms with Gasteiger partial charge in [0.2, 0.25) is 0 Å². The molecule has 0 spiro atoms. The van der Waals surface area contributed by atoms with Gasteiger partial charge in [-0.25, -0.2) is 0 Å². The number of furan rings is 1. The molecule has 2 heterocycles. The van der Waals surface area contributed by atoms with Crippen molar-refractivity contribution in [3.63, 3.8) is 0 Å². The number of fused-ring (bicyclic) bond motifs is 14. The van der Waals surface area contributed by atoms with Gasteiger partial charge in [0.15, 0.2) is 0 Å². The third-order valence-electron chi connectivity index (χ3n) is 11.1. The van der Waals surface area contributed by atoms with Crippen molar-refractivity contribution in [2.75, 3.05) is 0 Å². The van der Waals surface area contributed by atoms with E-state index in [1.807, 2.05) is 0 Å². The molecule has 2 aromatic heterocycles. The standard InChI is InChI=1S/C43H29NO/c1-43(2)41-28(29-20-23-37-40(42(29)43)32-13-6-8-17-36(32)45-37)19-22-35-39(41)31-12-5-7-16-33(31)44(35)34-21-18-27-25-11-4-3-10-24(25)26-14-9-15-30(34)38(26)27/h3-23,30,38H,1-2H3. The molecule has 212 valence electrons. The first-order chi connectivity index (χ1) is 22.1. The van der Waals surface area contributed by atoms with E-state index in [0.29, 0.717) is 5.92 Å². The summed E-state index contributed by atoms with van der Waals surface area (Å²) < 4.78 is 8.95. The minimum absolute atomic E-state index is 0.215. The summed E-state index contributed by atoms with van der Waals surface area (Å²) in [6, 6.07) is 35.7. The normalized spacial score (nSPS) is 20.3. The Labute approximate surface area is 260 Å². The van der Waals surface area contributed by atoms with Crippen LogP contribution in [-0.2, 0) is 5.41 Å². The van der Waals surface area contributed by atoms with Gasteiger partial charge in [0.05, 0.1) is 11.0 Å². The second-order valence-corrected chi connectivity index (χ2v) is 13.6. The van der Waals surface area contributed by atoms with E-state index in [0.717, 1.165) is 11.2 Å². The summed E-state index contributed by atoms with van der Waals surface area (Å²) in [7, 11) is 0. The number of para-hydroxylation sites is 2. The van der Waals surface area contributed by atoms with Crippen LogP contribution in [0.2, 0.25) is 0 Å². The molecule has 0 N–H and O–H groups in total. The van der Waals surface area contributed by atoms with Gasteiger partial charge in [-0.1, -0.05) is 111 Å². The Kier molecular flexibility index (Phi) is 4.29. The summed E-state index contributed by atoms with van der Waals surface area (Å²) in [4.78, 5) is 0. The molecule has 0 fully saturated rings. The first-order valence-corrected chi connectivity index (χ1v) is 16.0. The predicted molar refractivity (Wildman–Crippen MR) is 187 cm³/mol. The molecule has 2 unspecified atom stereocenters. The molecule has 0 radical (unpaired) electrons. The molecule has 11 rings (SSSR count). The number of hydrogen-bond donors (Lipinski definition) is 0. The lowest BCUT2D eigenvalue weighted by Crippen LogP contribution is -2.21. The van der Waals surface area contributed by atoms with Crippen LogP contribution in [0.4, 0.5) is 0 Å². The summed E-state index contributed by atoms with van der Waals surface area (Å²) in [6.07, 6.45) is 11.8. The second-order valence-electron chi connectivity index (χ2n) is 13.6. The summed E-state index contributed by atoms with van der Waals surface area (Å²) in [6.45, 7) is 4.83. The van der Waals surface area contributed by atoms with Gasteiger partial charge in [-0.05, 0) is 74.9 Å². The van der Waals surface area contributed by atoms with Crippen molar-refractivity contribution in [2.24, 2.45) is 11.8 Å². The van der Waals surface area contributed by atoms with Crippen LogP contribution in [0.25, 0.3) is 71.7 Å². The molecule has 2 atom stereocenters. The fourth-order valence-electron chi connectivity index (χ4n) is 9.46. The van der Waals surface area contributed by atoms with Gasteiger partial charge in [0.1, 0.15) is 11.2 Å². The van der Waals surface area contributed by atoms with Crippen molar-refractivity contribution in [1.29, 1.82) is 0 Å². The Bertz CT molecular complexity index is 2630. The maximum absolute atomic E-state index is 6.38. The molecule has 2 heteroatoms. The quantitative estimate of drug-likeness (QED) is 0.190. The average Bonchev–Trinajstić information content (AvgIpc) is 3.78. The monoisotopic (exact) mass is 575 g/mol. The van der Waals surface area contributed by atoms with E-state index in [9.17, 15) is 0 Å². The second kappa shape index (κ2) is 8.02. The molecule has 4 aliphatic rings. The van der Waals surface area contributed by atoms with Crippen LogP contribution in [-0.4, -0.2) is 4.57 Å². The topological polar surface area (TPSA) is 18.1 Å². The SMILES string of the molecule is CC1(C)c2c(ccc3oc4ccccc4c23)-c2ccc3c(c21)c1ccccc1n3C1=CC=C2c3ccccc3C3=CC=CC1C32. The summed E-state index contributed by atoms with van der Waals surface area (Å²) >= 11 is 0. The Morgan fingerprint density at radius 1 is 0.578 bits per heavy atom. The van der Waals surface area contributed by atoms with Crippen LogP contribution in [0.3, 0.4) is 0 Å². The van der Waals surface area contributed by atoms with Crippen LogP contribution in [0.1, 0.15) is 36.1 Å². The molecule has 0 amide bonds. The first-order valence-electron chi connectivity index (χ1n) is 16.0. The molecule has 45 heavy (non-hydrogen) atoms. The third-order valence-corrected chi connectivity index (χ3v) is 11.1. The molecule has 4 aliphatic carbocycles. The van der Waals surface area contributed by atoms with Crippen molar-refractivity contribution in [1.82, 2.24) is 4.57 Å². The van der Waals surface area contributed by atoms with E-state index in [2.05, 4.69) is 146 Å². The Hall–Kier alpha value is -5.34.